The van der Waals surface area contributed by atoms with E-state index in [0.29, 0.717) is 17.3 Å². The van der Waals surface area contributed by atoms with Gasteiger partial charge in [-0.25, -0.2) is 4.79 Å². The molecule has 2 heterocycles. The number of carbonyl (C=O) groups excluding carboxylic acids is 1. The molecule has 0 N–H and O–H groups in total. The lowest BCUT2D eigenvalue weighted by atomic mass is 10.1. The summed E-state index contributed by atoms with van der Waals surface area (Å²) >= 11 is 1.53. The molecule has 0 unspecified atom stereocenters. The first-order chi connectivity index (χ1) is 16.0. The molecule has 0 aliphatic heterocycles. The number of furan rings is 1. The van der Waals surface area contributed by atoms with Crippen molar-refractivity contribution in [2.24, 2.45) is 5.92 Å². The molecule has 8 heteroatoms. The summed E-state index contributed by atoms with van der Waals surface area (Å²) in [4.78, 5) is 12.5. The Balaban J connectivity index is 1.67. The van der Waals surface area contributed by atoms with Gasteiger partial charge < -0.3 is 18.5 Å². The number of hydrogen-bond donors (Lipinski definition) is 0. The minimum Gasteiger partial charge on any atom is -0.497 e. The lowest BCUT2D eigenvalue weighted by molar-refractivity contribution is 0.0491. The van der Waals surface area contributed by atoms with E-state index in [9.17, 15) is 4.79 Å². The van der Waals surface area contributed by atoms with E-state index in [4.69, 9.17) is 13.9 Å². The number of esters is 1. The van der Waals surface area contributed by atoms with E-state index < -0.39 is 5.97 Å². The average molecular weight is 466 g/mol. The monoisotopic (exact) mass is 465 g/mol. The van der Waals surface area contributed by atoms with Crippen LogP contribution in [-0.4, -0.2) is 34.5 Å². The van der Waals surface area contributed by atoms with Crippen molar-refractivity contribution in [3.8, 4) is 17.1 Å². The van der Waals surface area contributed by atoms with Crippen LogP contribution in [0.4, 0.5) is 0 Å². The Kier molecular flexibility index (Phi) is 7.03. The number of rotatable bonds is 9. The number of ether oxygens (including phenoxy) is 2. The Morgan fingerprint density at radius 1 is 1.12 bits per heavy atom. The number of carbonyl (C=O) groups is 1. The molecule has 7 nitrogen and oxygen atoms in total. The van der Waals surface area contributed by atoms with Gasteiger partial charge in [-0.15, -0.1) is 10.2 Å². The van der Waals surface area contributed by atoms with E-state index in [1.165, 1.54) is 11.8 Å². The van der Waals surface area contributed by atoms with Crippen LogP contribution in [0.1, 0.15) is 36.9 Å². The third kappa shape index (κ3) is 4.90. The van der Waals surface area contributed by atoms with Gasteiger partial charge in [-0.05, 0) is 43.2 Å². The highest BCUT2D eigenvalue weighted by Gasteiger charge is 2.23. The number of benzene rings is 2. The number of para-hydroxylation sites is 1. The van der Waals surface area contributed by atoms with Gasteiger partial charge in [0.2, 0.25) is 5.76 Å². The zero-order valence-corrected chi connectivity index (χ0v) is 20.0. The van der Waals surface area contributed by atoms with Crippen LogP contribution < -0.4 is 4.74 Å². The molecule has 2 aromatic carbocycles. The average Bonchev–Trinajstić information content (AvgIpc) is 3.38. The van der Waals surface area contributed by atoms with Crippen molar-refractivity contribution < 1.29 is 18.7 Å². The molecule has 0 radical (unpaired) electrons. The summed E-state index contributed by atoms with van der Waals surface area (Å²) in [6.45, 7) is 7.16. The number of methoxy groups -OCH3 is 1. The largest absolute Gasteiger partial charge is 0.497 e. The molecule has 4 rings (SSSR count). The summed E-state index contributed by atoms with van der Waals surface area (Å²) in [6.07, 6.45) is 0. The van der Waals surface area contributed by atoms with E-state index >= 15 is 0 Å². The number of thioether (sulfide) groups is 1. The Bertz CT molecular complexity index is 1240. The first-order valence-corrected chi connectivity index (χ1v) is 11.9. The Hall–Kier alpha value is -3.26. The summed E-state index contributed by atoms with van der Waals surface area (Å²) in [6, 6.07) is 15.4. The smallest absolute Gasteiger partial charge is 0.374 e. The van der Waals surface area contributed by atoms with Gasteiger partial charge in [-0.2, -0.15) is 0 Å². The van der Waals surface area contributed by atoms with Crippen molar-refractivity contribution in [3.63, 3.8) is 0 Å². The molecule has 33 heavy (non-hydrogen) atoms. The number of aromatic nitrogens is 3. The first-order valence-electron chi connectivity index (χ1n) is 10.9. The molecule has 0 fully saturated rings. The number of hydrogen-bond acceptors (Lipinski definition) is 7. The van der Waals surface area contributed by atoms with Gasteiger partial charge in [0.25, 0.3) is 0 Å². The maximum absolute atomic E-state index is 12.5. The fraction of sp³-hybridized carbons (Fsp3) is 0.320. The third-order valence-electron chi connectivity index (χ3n) is 5.12. The van der Waals surface area contributed by atoms with Gasteiger partial charge in [-0.1, -0.05) is 43.8 Å². The Morgan fingerprint density at radius 3 is 2.58 bits per heavy atom. The van der Waals surface area contributed by atoms with Gasteiger partial charge in [0.15, 0.2) is 11.0 Å². The minimum atomic E-state index is -0.452. The fourth-order valence-corrected chi connectivity index (χ4v) is 4.59. The predicted molar refractivity (Wildman–Crippen MR) is 129 cm³/mol. The van der Waals surface area contributed by atoms with Gasteiger partial charge in [-0.3, -0.25) is 0 Å². The van der Waals surface area contributed by atoms with Crippen LogP contribution in [0.2, 0.25) is 0 Å². The van der Waals surface area contributed by atoms with Crippen LogP contribution >= 0.6 is 11.8 Å². The molecular formula is C25H27N3O4S. The van der Waals surface area contributed by atoms with E-state index in [0.717, 1.165) is 39.8 Å². The molecule has 0 amide bonds. The van der Waals surface area contributed by atoms with Crippen molar-refractivity contribution in [2.45, 2.75) is 38.2 Å². The van der Waals surface area contributed by atoms with E-state index in [2.05, 4.69) is 28.6 Å². The Morgan fingerprint density at radius 2 is 1.88 bits per heavy atom. The highest BCUT2D eigenvalue weighted by molar-refractivity contribution is 7.98. The van der Waals surface area contributed by atoms with Crippen molar-refractivity contribution >= 4 is 28.7 Å². The van der Waals surface area contributed by atoms with E-state index in [1.54, 1.807) is 14.0 Å². The number of nitrogens with zero attached hydrogens (tertiary/aromatic N) is 3. The van der Waals surface area contributed by atoms with Crippen LogP contribution in [0.5, 0.6) is 5.75 Å². The molecule has 172 valence electrons. The topological polar surface area (TPSA) is 79.4 Å². The summed E-state index contributed by atoms with van der Waals surface area (Å²) in [5, 5.41) is 10.6. The highest BCUT2D eigenvalue weighted by atomic mass is 32.2. The van der Waals surface area contributed by atoms with E-state index in [-0.39, 0.29) is 12.4 Å². The quantitative estimate of drug-likeness (QED) is 0.227. The summed E-state index contributed by atoms with van der Waals surface area (Å²) < 4.78 is 18.5. The van der Waals surface area contributed by atoms with E-state index in [1.807, 2.05) is 48.5 Å². The van der Waals surface area contributed by atoms with Crippen molar-refractivity contribution in [2.75, 3.05) is 13.7 Å². The lowest BCUT2D eigenvalue weighted by Crippen LogP contribution is -2.08. The molecule has 0 spiro atoms. The summed E-state index contributed by atoms with van der Waals surface area (Å²) in [5.74, 6) is 2.30. The second-order valence-electron chi connectivity index (χ2n) is 7.95. The molecular weight excluding hydrogens is 438 g/mol. The van der Waals surface area contributed by atoms with Crippen LogP contribution in [-0.2, 0) is 17.0 Å². The standard InChI is InChI=1S/C25H27N3O4S/c1-5-31-24(29)22-20(19-8-6-7-9-21(19)32-22)15-33-25-27-26-23(28(25)14-16(2)3)17-10-12-18(30-4)13-11-17/h6-13,16H,5,14-15H2,1-4H3. The zero-order chi connectivity index (χ0) is 23.4. The minimum absolute atomic E-state index is 0.246. The predicted octanol–water partition coefficient (Wildman–Crippen LogP) is 5.82. The molecule has 2 aromatic heterocycles. The van der Waals surface area contributed by atoms with Gasteiger partial charge in [0, 0.05) is 28.8 Å². The summed E-state index contributed by atoms with van der Waals surface area (Å²) in [5.41, 5.74) is 2.44. The molecule has 4 aromatic rings. The number of fused-ring (bicyclic) bond motifs is 1. The lowest BCUT2D eigenvalue weighted by Gasteiger charge is -2.13. The van der Waals surface area contributed by atoms with Crippen LogP contribution in [0, 0.1) is 5.92 Å². The molecule has 0 saturated carbocycles. The fourth-order valence-electron chi connectivity index (χ4n) is 3.62. The van der Waals surface area contributed by atoms with Crippen LogP contribution in [0.25, 0.3) is 22.4 Å². The maximum Gasteiger partial charge on any atom is 0.374 e. The summed E-state index contributed by atoms with van der Waals surface area (Å²) in [7, 11) is 1.65. The molecule has 0 saturated heterocycles. The highest BCUT2D eigenvalue weighted by Crippen LogP contribution is 2.33. The second-order valence-corrected chi connectivity index (χ2v) is 8.90. The first kappa shape index (κ1) is 22.9. The normalized spacial score (nSPS) is 11.3. The molecule has 0 aliphatic rings. The zero-order valence-electron chi connectivity index (χ0n) is 19.2. The maximum atomic E-state index is 12.5. The van der Waals surface area contributed by atoms with Gasteiger partial charge >= 0.3 is 5.97 Å². The molecule has 0 bridgehead atoms. The van der Waals surface area contributed by atoms with Crippen molar-refractivity contribution in [1.82, 2.24) is 14.8 Å². The molecule has 0 atom stereocenters. The third-order valence-corrected chi connectivity index (χ3v) is 6.11. The van der Waals surface area contributed by atoms with Gasteiger partial charge in [0.1, 0.15) is 11.3 Å². The Labute approximate surface area is 197 Å². The van der Waals surface area contributed by atoms with Crippen molar-refractivity contribution in [3.05, 3.63) is 59.9 Å². The second kappa shape index (κ2) is 10.1. The van der Waals surface area contributed by atoms with Crippen LogP contribution in [0.15, 0.2) is 58.1 Å². The van der Waals surface area contributed by atoms with Crippen LogP contribution in [0.3, 0.4) is 0 Å². The SMILES string of the molecule is CCOC(=O)c1oc2ccccc2c1CSc1nnc(-c2ccc(OC)cc2)n1CC(C)C. The van der Waals surface area contributed by atoms with Gasteiger partial charge in [0.05, 0.1) is 13.7 Å². The van der Waals surface area contributed by atoms with Crippen molar-refractivity contribution in [1.29, 1.82) is 0 Å². The molecule has 0 aliphatic carbocycles.